The second-order valence-corrected chi connectivity index (χ2v) is 8.94. The maximum absolute atomic E-state index is 3.79. The van der Waals surface area contributed by atoms with E-state index in [-0.39, 0.29) is 8.37 Å². The molecule has 0 spiro atoms. The fourth-order valence-electron chi connectivity index (χ4n) is 2.94. The molecule has 3 aliphatic rings. The van der Waals surface area contributed by atoms with Crippen LogP contribution in [0.3, 0.4) is 0 Å². The molecule has 1 N–H and O–H groups in total. The molecule has 0 atom stereocenters. The number of hydrogen-bond donors (Lipinski definition) is 1. The van der Waals surface area contributed by atoms with Crippen molar-refractivity contribution >= 4 is 8.37 Å². The zero-order valence-electron chi connectivity index (χ0n) is 12.0. The Morgan fingerprint density at radius 3 is 1.88 bits per heavy atom. The lowest BCUT2D eigenvalue weighted by Gasteiger charge is -2.57. The quantitative estimate of drug-likeness (QED) is 0.781. The highest BCUT2D eigenvalue weighted by Crippen LogP contribution is 2.53. The van der Waals surface area contributed by atoms with Gasteiger partial charge in [-0.05, 0) is 11.8 Å². The van der Waals surface area contributed by atoms with E-state index in [2.05, 4.69) is 49.0 Å². The molecule has 3 saturated heterocycles. The summed E-state index contributed by atoms with van der Waals surface area (Å²) < 4.78 is 5.41. The van der Waals surface area contributed by atoms with E-state index in [4.69, 9.17) is 0 Å². The Hall–Kier alpha value is 0.310. The molecule has 0 unspecified atom stereocenters. The highest BCUT2D eigenvalue weighted by atomic mass is 31.1. The molecule has 3 nitrogen and oxygen atoms in total. The van der Waals surface area contributed by atoms with Crippen molar-refractivity contribution in [2.24, 2.45) is 17.3 Å². The summed E-state index contributed by atoms with van der Waals surface area (Å²) in [6.07, 6.45) is 0. The lowest BCUT2D eigenvalue weighted by Crippen LogP contribution is -2.61. The van der Waals surface area contributed by atoms with Gasteiger partial charge < -0.3 is 0 Å². The highest BCUT2D eigenvalue weighted by molar-refractivity contribution is 7.50. The van der Waals surface area contributed by atoms with Crippen molar-refractivity contribution in [1.82, 2.24) is 14.4 Å². The van der Waals surface area contributed by atoms with Crippen LogP contribution in [-0.4, -0.2) is 42.1 Å². The van der Waals surface area contributed by atoms with Crippen LogP contribution in [0.2, 0.25) is 0 Å². The van der Waals surface area contributed by atoms with Gasteiger partial charge in [0.15, 0.2) is 0 Å². The molecule has 0 aromatic heterocycles. The molecule has 0 aromatic carbocycles. The van der Waals surface area contributed by atoms with Crippen molar-refractivity contribution < 1.29 is 0 Å². The minimum Gasteiger partial charge on any atom is -0.270 e. The van der Waals surface area contributed by atoms with Crippen LogP contribution < -0.4 is 5.09 Å². The zero-order chi connectivity index (χ0) is 12.6. The third-order valence-electron chi connectivity index (χ3n) is 3.46. The molecule has 3 rings (SSSR count). The van der Waals surface area contributed by atoms with Gasteiger partial charge in [0.2, 0.25) is 0 Å². The van der Waals surface area contributed by atoms with Crippen LogP contribution in [0.15, 0.2) is 0 Å². The van der Waals surface area contributed by atoms with E-state index >= 15 is 0 Å². The Morgan fingerprint density at radius 1 is 1.06 bits per heavy atom. The average molecular weight is 257 g/mol. The summed E-state index contributed by atoms with van der Waals surface area (Å²) in [6, 6.07) is 0. The molecule has 3 heterocycles. The SMILES string of the molecule is CC(C)CN1CC2(C)CNP1N(CC(C)C)C2. The zero-order valence-corrected chi connectivity index (χ0v) is 12.9. The minimum atomic E-state index is -0.211. The average Bonchev–Trinajstić information content (AvgIpc) is 2.13. The van der Waals surface area contributed by atoms with Crippen LogP contribution in [0, 0.1) is 17.3 Å². The van der Waals surface area contributed by atoms with Crippen molar-refractivity contribution in [2.75, 3.05) is 32.7 Å². The van der Waals surface area contributed by atoms with Crippen molar-refractivity contribution in [2.45, 2.75) is 34.6 Å². The summed E-state index contributed by atoms with van der Waals surface area (Å²) in [5.74, 6) is 1.53. The lowest BCUT2D eigenvalue weighted by atomic mass is 9.90. The van der Waals surface area contributed by atoms with Gasteiger partial charge in [0, 0.05) is 38.1 Å². The van der Waals surface area contributed by atoms with Gasteiger partial charge >= 0.3 is 0 Å². The summed E-state index contributed by atoms with van der Waals surface area (Å²) in [5, 5.41) is 3.79. The number of fused-ring (bicyclic) bond motifs is 3. The van der Waals surface area contributed by atoms with Gasteiger partial charge in [-0.2, -0.15) is 0 Å². The first-order valence-corrected chi connectivity index (χ1v) is 8.18. The first-order chi connectivity index (χ1) is 7.89. The normalized spacial score (nSPS) is 35.1. The van der Waals surface area contributed by atoms with E-state index in [1.807, 2.05) is 0 Å². The Balaban J connectivity index is 2.06. The van der Waals surface area contributed by atoms with Crippen LogP contribution in [0.5, 0.6) is 0 Å². The maximum atomic E-state index is 3.79. The summed E-state index contributed by atoms with van der Waals surface area (Å²) in [4.78, 5) is 0. The van der Waals surface area contributed by atoms with E-state index < -0.39 is 0 Å². The third-order valence-corrected chi connectivity index (χ3v) is 5.59. The smallest absolute Gasteiger partial charge is 0.117 e. The van der Waals surface area contributed by atoms with Crippen LogP contribution in [0.1, 0.15) is 34.6 Å². The van der Waals surface area contributed by atoms with Gasteiger partial charge in [0.05, 0.1) is 0 Å². The lowest BCUT2D eigenvalue weighted by molar-refractivity contribution is 0.115. The molecular formula is C13H28N3P. The molecule has 3 fully saturated rings. The monoisotopic (exact) mass is 257 g/mol. The second-order valence-electron chi connectivity index (χ2n) is 6.92. The van der Waals surface area contributed by atoms with Crippen LogP contribution in [0.4, 0.5) is 0 Å². The molecule has 17 heavy (non-hydrogen) atoms. The largest absolute Gasteiger partial charge is 0.270 e. The maximum Gasteiger partial charge on any atom is 0.117 e. The van der Waals surface area contributed by atoms with E-state index in [1.165, 1.54) is 32.7 Å². The van der Waals surface area contributed by atoms with E-state index in [0.29, 0.717) is 5.41 Å². The van der Waals surface area contributed by atoms with Crippen LogP contribution in [0.25, 0.3) is 0 Å². The Labute approximate surface area is 108 Å². The van der Waals surface area contributed by atoms with Crippen molar-refractivity contribution in [3.05, 3.63) is 0 Å². The first-order valence-electron chi connectivity index (χ1n) is 6.93. The van der Waals surface area contributed by atoms with Crippen LogP contribution >= 0.6 is 8.37 Å². The second kappa shape index (κ2) is 5.13. The van der Waals surface area contributed by atoms with E-state index in [1.54, 1.807) is 0 Å². The highest BCUT2D eigenvalue weighted by Gasteiger charge is 2.46. The summed E-state index contributed by atoms with van der Waals surface area (Å²) in [7, 11) is -0.211. The predicted molar refractivity (Wildman–Crippen MR) is 75.9 cm³/mol. The fourth-order valence-corrected chi connectivity index (χ4v) is 6.14. The first kappa shape index (κ1) is 13.7. The van der Waals surface area contributed by atoms with Gasteiger partial charge in [0.1, 0.15) is 8.37 Å². The van der Waals surface area contributed by atoms with Crippen molar-refractivity contribution in [3.8, 4) is 0 Å². The van der Waals surface area contributed by atoms with Gasteiger partial charge in [-0.3, -0.25) is 14.4 Å². The molecule has 100 valence electrons. The van der Waals surface area contributed by atoms with Crippen LogP contribution in [-0.2, 0) is 0 Å². The standard InChI is InChI=1S/C13H28N3P/c1-11(2)6-15-9-13(5)8-14-17(15)16(10-13)7-12(3)4/h11-12,14H,6-10H2,1-5H3. The number of nitrogens with one attached hydrogen (secondary N) is 1. The van der Waals surface area contributed by atoms with Gasteiger partial charge in [-0.15, -0.1) is 0 Å². The molecule has 0 amide bonds. The Morgan fingerprint density at radius 2 is 1.53 bits per heavy atom. The fraction of sp³-hybridized carbons (Fsp3) is 1.00. The summed E-state index contributed by atoms with van der Waals surface area (Å²) >= 11 is 0. The molecule has 3 aliphatic heterocycles. The molecule has 2 bridgehead atoms. The number of hydrogen-bond acceptors (Lipinski definition) is 3. The van der Waals surface area contributed by atoms with Crippen molar-refractivity contribution in [1.29, 1.82) is 0 Å². The van der Waals surface area contributed by atoms with E-state index in [9.17, 15) is 0 Å². The molecule has 0 saturated carbocycles. The van der Waals surface area contributed by atoms with Crippen molar-refractivity contribution in [3.63, 3.8) is 0 Å². The summed E-state index contributed by atoms with van der Waals surface area (Å²) in [5.41, 5.74) is 0.459. The number of nitrogens with zero attached hydrogens (tertiary/aromatic N) is 2. The molecule has 0 aromatic rings. The molecule has 4 heteroatoms. The van der Waals surface area contributed by atoms with E-state index in [0.717, 1.165) is 11.8 Å². The topological polar surface area (TPSA) is 18.5 Å². The van der Waals surface area contributed by atoms with Gasteiger partial charge in [-0.25, -0.2) is 0 Å². The minimum absolute atomic E-state index is 0.211. The third kappa shape index (κ3) is 3.20. The predicted octanol–water partition coefficient (Wildman–Crippen LogP) is 2.75. The number of rotatable bonds is 4. The Kier molecular flexibility index (Phi) is 4.14. The Bertz CT molecular complexity index is 247. The molecule has 0 aliphatic carbocycles. The molecule has 0 radical (unpaired) electrons. The summed E-state index contributed by atoms with van der Waals surface area (Å²) in [6.45, 7) is 18.0. The van der Waals surface area contributed by atoms with Gasteiger partial charge in [-0.1, -0.05) is 34.6 Å². The van der Waals surface area contributed by atoms with Gasteiger partial charge in [0.25, 0.3) is 0 Å². The molecular weight excluding hydrogens is 229 g/mol.